The van der Waals surface area contributed by atoms with Crippen molar-refractivity contribution in [3.8, 4) is 17.0 Å². The zero-order valence-electron chi connectivity index (χ0n) is 26.9. The van der Waals surface area contributed by atoms with Gasteiger partial charge in [-0.2, -0.15) is 0 Å². The number of carbonyl (C=O) groups is 3. The molecule has 1 aromatic heterocycles. The van der Waals surface area contributed by atoms with E-state index in [0.717, 1.165) is 5.56 Å². The third-order valence-electron chi connectivity index (χ3n) is 7.56. The number of amidine groups is 1. The molecule has 1 heterocycles. The van der Waals surface area contributed by atoms with E-state index in [9.17, 15) is 14.4 Å². The molecule has 0 unspecified atom stereocenters. The first kappa shape index (κ1) is 34.3. The molecule has 11 nitrogen and oxygen atoms in total. The maximum atomic E-state index is 13.7. The van der Waals surface area contributed by atoms with Crippen LogP contribution in [0.3, 0.4) is 0 Å². The number of amides is 2. The van der Waals surface area contributed by atoms with Crippen molar-refractivity contribution in [1.82, 2.24) is 10.3 Å². The second-order valence-corrected chi connectivity index (χ2v) is 12.0. The monoisotopic (exact) mass is 636 g/mol. The highest BCUT2D eigenvalue weighted by atomic mass is 16.5. The van der Waals surface area contributed by atoms with Crippen LogP contribution < -0.4 is 26.8 Å². The van der Waals surface area contributed by atoms with Gasteiger partial charge in [0.25, 0.3) is 11.8 Å². The number of benzene rings is 3. The fraction of sp³-hybridized carbons (Fsp3) is 0.250. The van der Waals surface area contributed by atoms with E-state index in [1.54, 1.807) is 48.5 Å². The molecule has 3 aromatic carbocycles. The van der Waals surface area contributed by atoms with Gasteiger partial charge in [0.15, 0.2) is 0 Å². The summed E-state index contributed by atoms with van der Waals surface area (Å²) < 4.78 is 11.0. The molecule has 0 fully saturated rings. The molecular weight excluding hydrogens is 596 g/mol. The van der Waals surface area contributed by atoms with Gasteiger partial charge in [-0.05, 0) is 72.0 Å². The third kappa shape index (κ3) is 8.80. The van der Waals surface area contributed by atoms with Gasteiger partial charge in [0.2, 0.25) is 5.88 Å². The summed E-state index contributed by atoms with van der Waals surface area (Å²) in [6.45, 7) is 6.45. The average Bonchev–Trinajstić information content (AvgIpc) is 3.06. The van der Waals surface area contributed by atoms with Gasteiger partial charge in [-0.3, -0.25) is 15.0 Å². The molecule has 0 radical (unpaired) electrons. The number of methoxy groups -OCH3 is 1. The van der Waals surface area contributed by atoms with Crippen LogP contribution in [-0.4, -0.2) is 48.3 Å². The Kier molecular flexibility index (Phi) is 11.1. The maximum Gasteiger partial charge on any atom is 0.339 e. The van der Waals surface area contributed by atoms with Gasteiger partial charge in [0.1, 0.15) is 18.1 Å². The lowest BCUT2D eigenvalue weighted by atomic mass is 9.84. The van der Waals surface area contributed by atoms with Gasteiger partial charge in [-0.1, -0.05) is 57.2 Å². The molecule has 0 saturated carbocycles. The van der Waals surface area contributed by atoms with E-state index in [-0.39, 0.29) is 52.5 Å². The van der Waals surface area contributed by atoms with Gasteiger partial charge in [0.05, 0.1) is 12.7 Å². The zero-order chi connectivity index (χ0) is 34.1. The van der Waals surface area contributed by atoms with Crippen molar-refractivity contribution in [2.24, 2.45) is 16.9 Å². The molecular formula is C36H40N6O5. The van der Waals surface area contributed by atoms with Gasteiger partial charge < -0.3 is 31.6 Å². The van der Waals surface area contributed by atoms with Crippen molar-refractivity contribution in [2.45, 2.75) is 39.8 Å². The summed E-state index contributed by atoms with van der Waals surface area (Å²) >= 11 is 0. The molecule has 0 spiro atoms. The molecule has 11 heteroatoms. The number of anilines is 1. The molecule has 0 bridgehead atoms. The van der Waals surface area contributed by atoms with Crippen molar-refractivity contribution in [2.75, 3.05) is 19.0 Å². The molecule has 4 aromatic rings. The van der Waals surface area contributed by atoms with E-state index in [0.29, 0.717) is 35.3 Å². The molecule has 47 heavy (non-hydrogen) atoms. The number of esters is 1. The number of aromatic nitrogens is 1. The average molecular weight is 637 g/mol. The quantitative estimate of drug-likeness (QED) is 0.0804. The Labute approximate surface area is 274 Å². The Balaban J connectivity index is 1.76. The molecule has 7 N–H and O–H groups in total. The van der Waals surface area contributed by atoms with E-state index in [2.05, 4.69) is 15.6 Å². The number of nitrogens with one attached hydrogen (secondary N) is 3. The van der Waals surface area contributed by atoms with Gasteiger partial charge in [-0.15, -0.1) is 0 Å². The minimum atomic E-state index is -0.685. The number of nitrogen functional groups attached to an aromatic ring is 1. The van der Waals surface area contributed by atoms with Crippen LogP contribution in [0.15, 0.2) is 84.9 Å². The largest absolute Gasteiger partial charge is 0.481 e. The van der Waals surface area contributed by atoms with Gasteiger partial charge in [0, 0.05) is 34.5 Å². The summed E-state index contributed by atoms with van der Waals surface area (Å²) in [6.07, 6.45) is 0.576. The number of hydrogen-bond donors (Lipinski definition) is 5. The third-order valence-corrected chi connectivity index (χ3v) is 7.56. The first-order chi connectivity index (χ1) is 22.4. The molecule has 0 aliphatic carbocycles. The van der Waals surface area contributed by atoms with Crippen LogP contribution in [0.1, 0.15) is 69.5 Å². The standard InChI is InChI=1S/C36H40N6O5/c1-36(2,3)29(18-19-37)41-33(43)24-12-15-26(28(20-24)35(45)47-21-22-8-6-5-7-9-22)27-16-17-30(46-4)42-31(27)34(44)40-25-13-10-23(11-14-25)32(38)39/h5-17,20,29H,18-19,21,37H2,1-4H3,(H3,38,39)(H,40,44)(H,41,43)/t29-/m1/s1. The molecule has 1 atom stereocenters. The summed E-state index contributed by atoms with van der Waals surface area (Å²) in [7, 11) is 1.43. The summed E-state index contributed by atoms with van der Waals surface area (Å²) in [5, 5.41) is 13.5. The van der Waals surface area contributed by atoms with Crippen LogP contribution in [0.4, 0.5) is 5.69 Å². The van der Waals surface area contributed by atoms with Crippen LogP contribution in [0.2, 0.25) is 0 Å². The van der Waals surface area contributed by atoms with Crippen molar-refractivity contribution in [3.63, 3.8) is 0 Å². The molecule has 0 aliphatic heterocycles. The number of hydrogen-bond acceptors (Lipinski definition) is 8. The number of nitrogens with zero attached hydrogens (tertiary/aromatic N) is 1. The Morgan fingerprint density at radius 2 is 1.55 bits per heavy atom. The van der Waals surface area contributed by atoms with E-state index in [1.165, 1.54) is 13.2 Å². The fourth-order valence-corrected chi connectivity index (χ4v) is 4.89. The van der Waals surface area contributed by atoms with E-state index < -0.39 is 11.9 Å². The van der Waals surface area contributed by atoms with Crippen LogP contribution in [0.25, 0.3) is 11.1 Å². The number of ether oxygens (including phenoxy) is 2. The maximum absolute atomic E-state index is 13.7. The first-order valence-corrected chi connectivity index (χ1v) is 15.1. The smallest absolute Gasteiger partial charge is 0.339 e. The summed E-state index contributed by atoms with van der Waals surface area (Å²) in [5.41, 5.74) is 13.8. The van der Waals surface area contributed by atoms with Gasteiger partial charge in [-0.25, -0.2) is 9.78 Å². The topological polar surface area (TPSA) is 183 Å². The Hall–Kier alpha value is -5.55. The molecule has 0 aliphatic rings. The van der Waals surface area contributed by atoms with Crippen molar-refractivity contribution < 1.29 is 23.9 Å². The predicted octanol–water partition coefficient (Wildman–Crippen LogP) is 5.14. The van der Waals surface area contributed by atoms with Crippen molar-refractivity contribution in [1.29, 1.82) is 5.41 Å². The van der Waals surface area contributed by atoms with E-state index in [4.69, 9.17) is 26.4 Å². The highest BCUT2D eigenvalue weighted by Crippen LogP contribution is 2.31. The van der Waals surface area contributed by atoms with Crippen LogP contribution in [0.5, 0.6) is 5.88 Å². The Morgan fingerprint density at radius 1 is 0.894 bits per heavy atom. The van der Waals surface area contributed by atoms with Crippen molar-refractivity contribution >= 4 is 29.3 Å². The van der Waals surface area contributed by atoms with Crippen LogP contribution >= 0.6 is 0 Å². The second-order valence-electron chi connectivity index (χ2n) is 12.0. The number of nitrogens with two attached hydrogens (primary N) is 2. The Bertz CT molecular complexity index is 1750. The summed E-state index contributed by atoms with van der Waals surface area (Å²) in [6, 6.07) is 23.3. The molecule has 244 valence electrons. The normalized spacial score (nSPS) is 11.7. The lowest BCUT2D eigenvalue weighted by molar-refractivity contribution is 0.0473. The SMILES string of the molecule is COc1ccc(-c2ccc(C(=O)N[C@H](CCN)C(C)(C)C)cc2C(=O)OCc2ccccc2)c(C(=O)Nc2ccc(C(=N)N)cc2)n1. The molecule has 4 rings (SSSR count). The number of rotatable bonds is 12. The zero-order valence-corrected chi connectivity index (χ0v) is 26.9. The predicted molar refractivity (Wildman–Crippen MR) is 182 cm³/mol. The van der Waals surface area contributed by atoms with Crippen LogP contribution in [0, 0.1) is 10.8 Å². The van der Waals surface area contributed by atoms with Crippen molar-refractivity contribution in [3.05, 3.63) is 113 Å². The minimum absolute atomic E-state index is 0.00258. The summed E-state index contributed by atoms with van der Waals surface area (Å²) in [5.74, 6) is -1.55. The minimum Gasteiger partial charge on any atom is -0.481 e. The number of carbonyl (C=O) groups excluding carboxylic acids is 3. The second kappa shape index (κ2) is 15.2. The van der Waals surface area contributed by atoms with Gasteiger partial charge >= 0.3 is 5.97 Å². The highest BCUT2D eigenvalue weighted by Gasteiger charge is 2.28. The van der Waals surface area contributed by atoms with Crippen LogP contribution in [-0.2, 0) is 11.3 Å². The lowest BCUT2D eigenvalue weighted by Crippen LogP contribution is -2.44. The summed E-state index contributed by atoms with van der Waals surface area (Å²) in [4.78, 5) is 45.3. The fourth-order valence-electron chi connectivity index (χ4n) is 4.89. The van der Waals surface area contributed by atoms with E-state index in [1.807, 2.05) is 51.1 Å². The Morgan fingerprint density at radius 3 is 2.17 bits per heavy atom. The number of pyridine rings is 1. The molecule has 2 amide bonds. The first-order valence-electron chi connectivity index (χ1n) is 15.1. The molecule has 0 saturated heterocycles. The van der Waals surface area contributed by atoms with E-state index >= 15 is 0 Å². The lowest BCUT2D eigenvalue weighted by Gasteiger charge is -2.31. The highest BCUT2D eigenvalue weighted by molar-refractivity contribution is 6.10.